The lowest BCUT2D eigenvalue weighted by molar-refractivity contribution is -0.384. The Hall–Kier alpha value is -2.21. The highest BCUT2D eigenvalue weighted by molar-refractivity contribution is 5.63. The number of nitro groups is 1. The zero-order chi connectivity index (χ0) is 12.4. The molecule has 88 valence electrons. The second-order valence-electron chi connectivity index (χ2n) is 3.67. The Labute approximate surface area is 97.1 Å². The first-order chi connectivity index (χ1) is 8.11. The summed E-state index contributed by atoms with van der Waals surface area (Å²) in [5.74, 6) is 0.523. The quantitative estimate of drug-likeness (QED) is 0.624. The van der Waals surface area contributed by atoms with Crippen LogP contribution in [-0.2, 0) is 6.61 Å². The number of rotatable bonds is 3. The Bertz CT molecular complexity index is 563. The van der Waals surface area contributed by atoms with Crippen molar-refractivity contribution >= 4 is 5.69 Å². The minimum Gasteiger partial charge on any atom is -0.390 e. The molecule has 6 heteroatoms. The van der Waals surface area contributed by atoms with Crippen LogP contribution in [0.5, 0.6) is 0 Å². The molecule has 2 N–H and O–H groups in total. The highest BCUT2D eigenvalue weighted by atomic mass is 16.6. The van der Waals surface area contributed by atoms with E-state index < -0.39 is 4.92 Å². The van der Waals surface area contributed by atoms with Gasteiger partial charge in [-0.1, -0.05) is 6.07 Å². The molecule has 6 nitrogen and oxygen atoms in total. The topological polar surface area (TPSA) is 92.1 Å². The average Bonchev–Trinajstić information content (AvgIpc) is 2.77. The highest BCUT2D eigenvalue weighted by Gasteiger charge is 2.12. The number of imidazole rings is 1. The summed E-state index contributed by atoms with van der Waals surface area (Å²) in [7, 11) is 0. The van der Waals surface area contributed by atoms with Gasteiger partial charge in [0.1, 0.15) is 5.82 Å². The van der Waals surface area contributed by atoms with Crippen molar-refractivity contribution in [2.24, 2.45) is 0 Å². The van der Waals surface area contributed by atoms with Crippen LogP contribution in [0.1, 0.15) is 11.3 Å². The number of hydrogen-bond donors (Lipinski definition) is 2. The molecule has 0 aliphatic rings. The molecule has 1 aromatic carbocycles. The Kier molecular flexibility index (Phi) is 2.88. The minimum atomic E-state index is -0.446. The van der Waals surface area contributed by atoms with E-state index in [-0.39, 0.29) is 12.3 Å². The van der Waals surface area contributed by atoms with Gasteiger partial charge in [-0.25, -0.2) is 4.98 Å². The fourth-order valence-electron chi connectivity index (χ4n) is 1.56. The van der Waals surface area contributed by atoms with E-state index in [9.17, 15) is 10.1 Å². The first-order valence-electron chi connectivity index (χ1n) is 5.02. The fourth-order valence-corrected chi connectivity index (χ4v) is 1.56. The van der Waals surface area contributed by atoms with Crippen molar-refractivity contribution in [2.75, 3.05) is 0 Å². The number of aromatic amines is 1. The van der Waals surface area contributed by atoms with E-state index in [4.69, 9.17) is 5.11 Å². The van der Waals surface area contributed by atoms with E-state index in [1.165, 1.54) is 18.3 Å². The first kappa shape index (κ1) is 11.3. The van der Waals surface area contributed by atoms with Crippen LogP contribution in [0, 0.1) is 17.0 Å². The third kappa shape index (κ3) is 2.16. The van der Waals surface area contributed by atoms with Crippen LogP contribution < -0.4 is 0 Å². The number of aryl methyl sites for hydroxylation is 1. The summed E-state index contributed by atoms with van der Waals surface area (Å²) in [6.45, 7) is 1.71. The SMILES string of the molecule is Cc1ccc([N+](=O)[O-])cc1-c1ncc(CO)[nH]1. The average molecular weight is 233 g/mol. The van der Waals surface area contributed by atoms with Crippen LogP contribution in [0.25, 0.3) is 11.4 Å². The van der Waals surface area contributed by atoms with E-state index in [2.05, 4.69) is 9.97 Å². The van der Waals surface area contributed by atoms with E-state index in [1.807, 2.05) is 6.92 Å². The molecule has 0 spiro atoms. The number of H-pyrrole nitrogens is 1. The van der Waals surface area contributed by atoms with Gasteiger partial charge < -0.3 is 10.1 Å². The number of nitro benzene ring substituents is 1. The van der Waals surface area contributed by atoms with Gasteiger partial charge in [0.25, 0.3) is 5.69 Å². The van der Waals surface area contributed by atoms with E-state index in [0.717, 1.165) is 5.56 Å². The second kappa shape index (κ2) is 4.34. The fraction of sp³-hybridized carbons (Fsp3) is 0.182. The van der Waals surface area contributed by atoms with E-state index >= 15 is 0 Å². The summed E-state index contributed by atoms with van der Waals surface area (Å²) in [5, 5.41) is 19.6. The highest BCUT2D eigenvalue weighted by Crippen LogP contribution is 2.25. The maximum Gasteiger partial charge on any atom is 0.270 e. The predicted octanol–water partition coefficient (Wildman–Crippen LogP) is 1.79. The molecule has 0 amide bonds. The maximum atomic E-state index is 10.7. The third-order valence-electron chi connectivity index (χ3n) is 2.49. The minimum absolute atomic E-state index is 0.0209. The number of aliphatic hydroxyl groups is 1. The lowest BCUT2D eigenvalue weighted by atomic mass is 10.1. The van der Waals surface area contributed by atoms with Crippen LogP contribution in [0.2, 0.25) is 0 Å². The molecule has 17 heavy (non-hydrogen) atoms. The monoisotopic (exact) mass is 233 g/mol. The molecule has 2 rings (SSSR count). The molecule has 0 atom stereocenters. The van der Waals surface area contributed by atoms with Gasteiger partial charge in [-0.3, -0.25) is 10.1 Å². The molecule has 0 fully saturated rings. The number of hydrogen-bond acceptors (Lipinski definition) is 4. The molecule has 0 aliphatic carbocycles. The summed E-state index contributed by atoms with van der Waals surface area (Å²) in [5.41, 5.74) is 2.15. The van der Waals surface area contributed by atoms with Gasteiger partial charge in [-0.2, -0.15) is 0 Å². The van der Waals surface area contributed by atoms with Crippen LogP contribution in [0.3, 0.4) is 0 Å². The first-order valence-corrected chi connectivity index (χ1v) is 5.02. The van der Waals surface area contributed by atoms with Gasteiger partial charge in [-0.05, 0) is 12.5 Å². The largest absolute Gasteiger partial charge is 0.390 e. The van der Waals surface area contributed by atoms with Crippen molar-refractivity contribution in [2.45, 2.75) is 13.5 Å². The van der Waals surface area contributed by atoms with Gasteiger partial charge in [0, 0.05) is 17.7 Å². The molecular formula is C11H11N3O3. The predicted molar refractivity (Wildman–Crippen MR) is 61.3 cm³/mol. The number of non-ortho nitro benzene ring substituents is 1. The molecule has 0 radical (unpaired) electrons. The summed E-state index contributed by atoms with van der Waals surface area (Å²) >= 11 is 0. The molecule has 0 aliphatic heterocycles. The number of benzene rings is 1. The lowest BCUT2D eigenvalue weighted by Crippen LogP contribution is -1.92. The summed E-state index contributed by atoms with van der Waals surface area (Å²) in [6, 6.07) is 4.60. The Balaban J connectivity index is 2.49. The van der Waals surface area contributed by atoms with Gasteiger partial charge in [0.05, 0.1) is 23.4 Å². The Morgan fingerprint density at radius 3 is 2.88 bits per heavy atom. The molecule has 2 aromatic rings. The van der Waals surface area contributed by atoms with Crippen molar-refractivity contribution in [3.8, 4) is 11.4 Å². The standard InChI is InChI=1S/C11H11N3O3/c1-7-2-3-9(14(16)17)4-10(7)11-12-5-8(6-15)13-11/h2-5,15H,6H2,1H3,(H,12,13). The molecule has 0 bridgehead atoms. The maximum absolute atomic E-state index is 10.7. The molecule has 0 saturated carbocycles. The van der Waals surface area contributed by atoms with Crippen LogP contribution in [-0.4, -0.2) is 20.0 Å². The van der Waals surface area contributed by atoms with E-state index in [0.29, 0.717) is 17.1 Å². The van der Waals surface area contributed by atoms with Crippen LogP contribution >= 0.6 is 0 Å². The van der Waals surface area contributed by atoms with Gasteiger partial charge in [0.2, 0.25) is 0 Å². The third-order valence-corrected chi connectivity index (χ3v) is 2.49. The van der Waals surface area contributed by atoms with Crippen molar-refractivity contribution in [1.29, 1.82) is 0 Å². The smallest absolute Gasteiger partial charge is 0.270 e. The van der Waals surface area contributed by atoms with Gasteiger partial charge in [0.15, 0.2) is 0 Å². The molecule has 0 saturated heterocycles. The van der Waals surface area contributed by atoms with E-state index in [1.54, 1.807) is 6.07 Å². The van der Waals surface area contributed by atoms with Crippen molar-refractivity contribution in [3.63, 3.8) is 0 Å². The van der Waals surface area contributed by atoms with Crippen molar-refractivity contribution in [3.05, 3.63) is 45.8 Å². The summed E-state index contributed by atoms with van der Waals surface area (Å²) in [6.07, 6.45) is 1.51. The normalized spacial score (nSPS) is 10.5. The number of aromatic nitrogens is 2. The molecule has 1 heterocycles. The molecule has 0 unspecified atom stereocenters. The number of nitrogens with zero attached hydrogens (tertiary/aromatic N) is 2. The zero-order valence-corrected chi connectivity index (χ0v) is 9.17. The van der Waals surface area contributed by atoms with Gasteiger partial charge in [-0.15, -0.1) is 0 Å². The van der Waals surface area contributed by atoms with Gasteiger partial charge >= 0.3 is 0 Å². The van der Waals surface area contributed by atoms with Crippen molar-refractivity contribution in [1.82, 2.24) is 9.97 Å². The van der Waals surface area contributed by atoms with Crippen LogP contribution in [0.15, 0.2) is 24.4 Å². The Morgan fingerprint density at radius 1 is 1.53 bits per heavy atom. The number of aliphatic hydroxyl groups excluding tert-OH is 1. The molecular weight excluding hydrogens is 222 g/mol. The molecule has 1 aromatic heterocycles. The summed E-state index contributed by atoms with van der Waals surface area (Å²) in [4.78, 5) is 17.2. The lowest BCUT2D eigenvalue weighted by Gasteiger charge is -2.02. The van der Waals surface area contributed by atoms with Crippen molar-refractivity contribution < 1.29 is 10.0 Å². The second-order valence-corrected chi connectivity index (χ2v) is 3.67. The zero-order valence-electron chi connectivity index (χ0n) is 9.17. The van der Waals surface area contributed by atoms with Crippen LogP contribution in [0.4, 0.5) is 5.69 Å². The number of nitrogens with one attached hydrogen (secondary N) is 1. The Morgan fingerprint density at radius 2 is 2.29 bits per heavy atom. The summed E-state index contributed by atoms with van der Waals surface area (Å²) < 4.78 is 0.